The van der Waals surface area contributed by atoms with Crippen LogP contribution in [-0.4, -0.2) is 60.7 Å². The first-order valence-electron chi connectivity index (χ1n) is 11.8. The zero-order valence-electron chi connectivity index (χ0n) is 19.3. The molecule has 1 aliphatic heterocycles. The monoisotopic (exact) mass is 395 g/mol. The number of rotatable bonds is 11. The predicted octanol–water partition coefficient (Wildman–Crippen LogP) is 5.04. The van der Waals surface area contributed by atoms with Crippen molar-refractivity contribution in [2.45, 2.75) is 116 Å². The van der Waals surface area contributed by atoms with E-state index in [9.17, 15) is 0 Å². The number of hydrogen-bond acceptors (Lipinski definition) is 4. The summed E-state index contributed by atoms with van der Waals surface area (Å²) in [5.41, 5.74) is 0.309. The zero-order chi connectivity index (χ0) is 20.4. The molecule has 2 saturated carbocycles. The minimum atomic E-state index is -0.0304. The van der Waals surface area contributed by atoms with Crippen LogP contribution in [0, 0.1) is 11.8 Å². The van der Waals surface area contributed by atoms with E-state index >= 15 is 0 Å². The summed E-state index contributed by atoms with van der Waals surface area (Å²) in [5, 5.41) is 0. The Hall–Kier alpha value is -0.160. The van der Waals surface area contributed by atoms with Gasteiger partial charge in [-0.25, -0.2) is 0 Å². The van der Waals surface area contributed by atoms with Crippen molar-refractivity contribution in [2.24, 2.45) is 11.8 Å². The van der Waals surface area contributed by atoms with Crippen molar-refractivity contribution in [2.75, 3.05) is 26.4 Å². The quantitative estimate of drug-likeness (QED) is 0.458. The van der Waals surface area contributed by atoms with Gasteiger partial charge in [0.2, 0.25) is 0 Å². The van der Waals surface area contributed by atoms with Gasteiger partial charge in [-0.05, 0) is 98.3 Å². The Morgan fingerprint density at radius 1 is 0.857 bits per heavy atom. The normalized spacial score (nSPS) is 33.4. The van der Waals surface area contributed by atoms with E-state index in [0.29, 0.717) is 17.7 Å². The highest BCUT2D eigenvalue weighted by Gasteiger charge is 2.44. The molecule has 0 aromatic heterocycles. The molecule has 4 heteroatoms. The van der Waals surface area contributed by atoms with Gasteiger partial charge in [-0.15, -0.1) is 0 Å². The average molecular weight is 396 g/mol. The highest BCUT2D eigenvalue weighted by Crippen LogP contribution is 2.45. The van der Waals surface area contributed by atoms with Gasteiger partial charge in [-0.1, -0.05) is 0 Å². The number of likely N-dealkylation sites (tertiary alicyclic amines) is 1. The molecule has 3 rings (SSSR count). The predicted molar refractivity (Wildman–Crippen MR) is 115 cm³/mol. The van der Waals surface area contributed by atoms with Crippen LogP contribution in [0.2, 0.25) is 0 Å². The fourth-order valence-corrected chi connectivity index (χ4v) is 4.76. The van der Waals surface area contributed by atoms with E-state index in [-0.39, 0.29) is 5.60 Å². The standard InChI is InChI=1S/C24H45NO3/c1-23(2,3)25-10-9-20(25)14-18-13-19(18)17-26-11-7-8-12-27-21-15-22(16-21)28-24(4,5)6/h18-22H,7-17H2,1-6H3. The molecule has 3 unspecified atom stereocenters. The van der Waals surface area contributed by atoms with E-state index in [2.05, 4.69) is 46.4 Å². The molecule has 0 bridgehead atoms. The van der Waals surface area contributed by atoms with Gasteiger partial charge in [-0.2, -0.15) is 0 Å². The van der Waals surface area contributed by atoms with Crippen LogP contribution in [0.15, 0.2) is 0 Å². The van der Waals surface area contributed by atoms with Gasteiger partial charge < -0.3 is 14.2 Å². The second kappa shape index (κ2) is 9.32. The summed E-state index contributed by atoms with van der Waals surface area (Å²) in [6.07, 6.45) is 9.33. The van der Waals surface area contributed by atoms with Crippen LogP contribution in [0.25, 0.3) is 0 Å². The minimum absolute atomic E-state index is 0.0304. The third kappa shape index (κ3) is 6.97. The third-order valence-electron chi connectivity index (χ3n) is 6.59. The number of hydrogen-bond donors (Lipinski definition) is 0. The number of unbranched alkanes of at least 4 members (excludes halogenated alkanes) is 1. The summed E-state index contributed by atoms with van der Waals surface area (Å²) in [5.74, 6) is 1.74. The van der Waals surface area contributed by atoms with Crippen LogP contribution in [0.5, 0.6) is 0 Å². The van der Waals surface area contributed by atoms with Crippen LogP contribution in [-0.2, 0) is 14.2 Å². The molecule has 0 radical (unpaired) electrons. The average Bonchev–Trinajstić information content (AvgIpc) is 3.23. The summed E-state index contributed by atoms with van der Waals surface area (Å²) in [4.78, 5) is 2.68. The smallest absolute Gasteiger partial charge is 0.0631 e. The number of ether oxygens (including phenoxy) is 3. The SMILES string of the molecule is CC(C)(C)OC1CC(OCCCCOCC2CC2CC2CCN2C(C)(C)C)C1. The van der Waals surface area contributed by atoms with Crippen LogP contribution >= 0.6 is 0 Å². The maximum atomic E-state index is 5.95. The summed E-state index contributed by atoms with van der Waals surface area (Å²) >= 11 is 0. The molecule has 28 heavy (non-hydrogen) atoms. The van der Waals surface area contributed by atoms with E-state index in [1.807, 2.05) is 0 Å². The fraction of sp³-hybridized carbons (Fsp3) is 1.00. The second-order valence-corrected chi connectivity index (χ2v) is 11.4. The summed E-state index contributed by atoms with van der Waals surface area (Å²) in [7, 11) is 0. The first-order chi connectivity index (χ1) is 13.1. The lowest BCUT2D eigenvalue weighted by atomic mass is 9.89. The van der Waals surface area contributed by atoms with Crippen molar-refractivity contribution < 1.29 is 14.2 Å². The molecule has 0 spiro atoms. The van der Waals surface area contributed by atoms with E-state index in [1.54, 1.807) is 0 Å². The Balaban J connectivity index is 1.11. The van der Waals surface area contributed by atoms with Gasteiger partial charge >= 0.3 is 0 Å². The lowest BCUT2D eigenvalue weighted by molar-refractivity contribution is -0.148. The molecule has 3 fully saturated rings. The number of nitrogens with zero attached hydrogens (tertiary/aromatic N) is 1. The van der Waals surface area contributed by atoms with Gasteiger partial charge in [0, 0.05) is 37.9 Å². The molecule has 3 aliphatic rings. The Kier molecular flexibility index (Phi) is 7.50. The highest BCUT2D eigenvalue weighted by molar-refractivity contribution is 4.97. The molecule has 0 aromatic rings. The molecular weight excluding hydrogens is 350 g/mol. The second-order valence-electron chi connectivity index (χ2n) is 11.4. The van der Waals surface area contributed by atoms with Crippen molar-refractivity contribution in [3.05, 3.63) is 0 Å². The van der Waals surface area contributed by atoms with Crippen LogP contribution in [0.1, 0.15) is 86.5 Å². The van der Waals surface area contributed by atoms with Crippen molar-refractivity contribution in [3.63, 3.8) is 0 Å². The van der Waals surface area contributed by atoms with Crippen molar-refractivity contribution in [3.8, 4) is 0 Å². The molecule has 1 heterocycles. The van der Waals surface area contributed by atoms with Gasteiger partial charge in [0.15, 0.2) is 0 Å². The topological polar surface area (TPSA) is 30.9 Å². The maximum absolute atomic E-state index is 5.95. The molecule has 0 aromatic carbocycles. The Labute approximate surface area is 173 Å². The fourth-order valence-electron chi connectivity index (χ4n) is 4.76. The first kappa shape index (κ1) is 22.5. The largest absolute Gasteiger partial charge is 0.381 e. The molecule has 164 valence electrons. The third-order valence-corrected chi connectivity index (χ3v) is 6.59. The van der Waals surface area contributed by atoms with Crippen molar-refractivity contribution in [1.82, 2.24) is 4.90 Å². The van der Waals surface area contributed by atoms with Gasteiger partial charge in [0.1, 0.15) is 0 Å². The molecular formula is C24H45NO3. The van der Waals surface area contributed by atoms with Gasteiger partial charge in [0.25, 0.3) is 0 Å². The van der Waals surface area contributed by atoms with E-state index in [1.165, 1.54) is 25.8 Å². The van der Waals surface area contributed by atoms with Gasteiger partial charge in [-0.3, -0.25) is 4.90 Å². The highest BCUT2D eigenvalue weighted by atomic mass is 16.5. The molecule has 4 nitrogen and oxygen atoms in total. The van der Waals surface area contributed by atoms with E-state index in [0.717, 1.165) is 63.4 Å². The molecule has 0 N–H and O–H groups in total. The molecule has 1 saturated heterocycles. The van der Waals surface area contributed by atoms with E-state index in [4.69, 9.17) is 14.2 Å². The first-order valence-corrected chi connectivity index (χ1v) is 11.8. The summed E-state index contributed by atoms with van der Waals surface area (Å²) in [6.45, 7) is 17.4. The van der Waals surface area contributed by atoms with Crippen LogP contribution < -0.4 is 0 Å². The lowest BCUT2D eigenvalue weighted by Gasteiger charge is -2.50. The van der Waals surface area contributed by atoms with Gasteiger partial charge in [0.05, 0.1) is 17.8 Å². The molecule has 2 aliphatic carbocycles. The van der Waals surface area contributed by atoms with E-state index < -0.39 is 0 Å². The summed E-state index contributed by atoms with van der Waals surface area (Å²) in [6, 6.07) is 0.826. The zero-order valence-corrected chi connectivity index (χ0v) is 19.3. The maximum Gasteiger partial charge on any atom is 0.0631 e. The minimum Gasteiger partial charge on any atom is -0.381 e. The Bertz CT molecular complexity index is 475. The Morgan fingerprint density at radius 3 is 2.18 bits per heavy atom. The Morgan fingerprint density at radius 2 is 1.57 bits per heavy atom. The van der Waals surface area contributed by atoms with Crippen LogP contribution in [0.3, 0.4) is 0 Å². The molecule has 3 atom stereocenters. The lowest BCUT2D eigenvalue weighted by Crippen LogP contribution is -2.57. The van der Waals surface area contributed by atoms with Crippen LogP contribution in [0.4, 0.5) is 0 Å². The molecule has 0 amide bonds. The van der Waals surface area contributed by atoms with Crippen molar-refractivity contribution >= 4 is 0 Å². The van der Waals surface area contributed by atoms with Crippen molar-refractivity contribution in [1.29, 1.82) is 0 Å². The summed E-state index contributed by atoms with van der Waals surface area (Å²) < 4.78 is 17.8.